The number of fused-ring (bicyclic) bond motifs is 3. The number of hydrogen-bond acceptors (Lipinski definition) is 7. The second-order valence-corrected chi connectivity index (χ2v) is 7.89. The summed E-state index contributed by atoms with van der Waals surface area (Å²) >= 11 is 6.07. The molecule has 2 heterocycles. The van der Waals surface area contributed by atoms with Crippen molar-refractivity contribution in [3.63, 3.8) is 0 Å². The molecular formula is C24H15ClO7. The summed E-state index contributed by atoms with van der Waals surface area (Å²) in [5.74, 6) is -1.45. The first-order chi connectivity index (χ1) is 15.3. The van der Waals surface area contributed by atoms with Crippen LogP contribution >= 0.6 is 11.6 Å². The van der Waals surface area contributed by atoms with Gasteiger partial charge in [0.2, 0.25) is 5.43 Å². The number of hydrogen-bond donors (Lipinski definition) is 3. The Labute approximate surface area is 185 Å². The lowest BCUT2D eigenvalue weighted by atomic mass is 9.85. The van der Waals surface area contributed by atoms with Crippen LogP contribution in [0.1, 0.15) is 23.5 Å². The molecule has 8 heteroatoms. The number of carbonyl (C=O) groups excluding carboxylic acids is 1. The Morgan fingerprint density at radius 1 is 0.938 bits per heavy atom. The Morgan fingerprint density at radius 2 is 1.69 bits per heavy atom. The van der Waals surface area contributed by atoms with E-state index < -0.39 is 17.3 Å². The second-order valence-electron chi connectivity index (χ2n) is 7.48. The number of benzene rings is 3. The van der Waals surface area contributed by atoms with Crippen LogP contribution in [0, 0.1) is 0 Å². The Kier molecular flexibility index (Phi) is 4.56. The minimum Gasteiger partial charge on any atom is -0.508 e. The maximum atomic E-state index is 13.3. The van der Waals surface area contributed by atoms with Crippen molar-refractivity contribution in [3.05, 3.63) is 81.2 Å². The maximum Gasteiger partial charge on any atom is 0.312 e. The summed E-state index contributed by atoms with van der Waals surface area (Å²) < 4.78 is 11.2. The van der Waals surface area contributed by atoms with Gasteiger partial charge < -0.3 is 24.5 Å². The van der Waals surface area contributed by atoms with E-state index in [0.29, 0.717) is 16.7 Å². The number of phenols is 3. The number of esters is 1. The molecule has 4 aromatic rings. The quantitative estimate of drug-likeness (QED) is 0.300. The third-order valence-corrected chi connectivity index (χ3v) is 5.83. The Morgan fingerprint density at radius 3 is 2.41 bits per heavy atom. The van der Waals surface area contributed by atoms with E-state index in [2.05, 4.69) is 0 Å². The van der Waals surface area contributed by atoms with Gasteiger partial charge in [0.25, 0.3) is 0 Å². The van der Waals surface area contributed by atoms with Gasteiger partial charge in [0.05, 0.1) is 17.0 Å². The van der Waals surface area contributed by atoms with E-state index in [1.165, 1.54) is 36.6 Å². The summed E-state index contributed by atoms with van der Waals surface area (Å²) in [5, 5.41) is 29.9. The van der Waals surface area contributed by atoms with Gasteiger partial charge in [-0.15, -0.1) is 0 Å². The predicted octanol–water partition coefficient (Wildman–Crippen LogP) is 4.67. The SMILES string of the molecule is O=C1C[C@@H](c2ccc(O)c(Cl)c2)c2c(cc(O)c3c(=O)c(-c4ccc(O)cc4)coc23)O1. The smallest absolute Gasteiger partial charge is 0.312 e. The standard InChI is InChI=1S/C24H15ClO7/c25-16-7-12(3-6-17(16)27)14-8-20(29)32-19-9-18(28)22-23(30)15(10-31-24(22)21(14)19)11-1-4-13(26)5-2-11/h1-7,9-10,14,26-28H,8H2/t14-/m0/s1. The molecule has 1 aliphatic heterocycles. The van der Waals surface area contributed by atoms with E-state index in [1.54, 1.807) is 18.2 Å². The van der Waals surface area contributed by atoms with E-state index in [-0.39, 0.29) is 51.0 Å². The summed E-state index contributed by atoms with van der Waals surface area (Å²) in [4.78, 5) is 25.5. The van der Waals surface area contributed by atoms with Crippen LogP contribution in [0.3, 0.4) is 0 Å². The zero-order valence-electron chi connectivity index (χ0n) is 16.3. The third-order valence-electron chi connectivity index (χ3n) is 5.52. The van der Waals surface area contributed by atoms with Gasteiger partial charge in [0.1, 0.15) is 40.2 Å². The van der Waals surface area contributed by atoms with Crippen LogP contribution < -0.4 is 10.2 Å². The van der Waals surface area contributed by atoms with Crippen molar-refractivity contribution < 1.29 is 29.3 Å². The van der Waals surface area contributed by atoms with Crippen molar-refractivity contribution in [2.45, 2.75) is 12.3 Å². The summed E-state index contributed by atoms with van der Waals surface area (Å²) in [7, 11) is 0. The van der Waals surface area contributed by atoms with E-state index >= 15 is 0 Å². The van der Waals surface area contributed by atoms with Gasteiger partial charge in [0, 0.05) is 17.5 Å². The summed E-state index contributed by atoms with van der Waals surface area (Å²) in [5.41, 5.74) is 1.36. The molecule has 0 fully saturated rings. The van der Waals surface area contributed by atoms with Crippen LogP contribution in [-0.2, 0) is 4.79 Å². The van der Waals surface area contributed by atoms with Crippen LogP contribution in [-0.4, -0.2) is 21.3 Å². The molecule has 0 bridgehead atoms. The van der Waals surface area contributed by atoms with Crippen molar-refractivity contribution in [1.29, 1.82) is 0 Å². The van der Waals surface area contributed by atoms with Crippen molar-refractivity contribution in [3.8, 4) is 34.1 Å². The first kappa shape index (κ1) is 20.0. The number of phenolic OH excluding ortho intramolecular Hbond substituents is 3. The predicted molar refractivity (Wildman–Crippen MR) is 116 cm³/mol. The van der Waals surface area contributed by atoms with Crippen LogP contribution in [0.2, 0.25) is 5.02 Å². The number of carbonyl (C=O) groups is 1. The van der Waals surface area contributed by atoms with Gasteiger partial charge in [-0.1, -0.05) is 29.8 Å². The Bertz CT molecular complexity index is 1450. The third kappa shape index (κ3) is 3.14. The van der Waals surface area contributed by atoms with E-state index in [1.807, 2.05) is 0 Å². The number of aromatic hydroxyl groups is 3. The average Bonchev–Trinajstić information content (AvgIpc) is 2.75. The lowest BCUT2D eigenvalue weighted by Crippen LogP contribution is -2.22. The lowest BCUT2D eigenvalue weighted by Gasteiger charge is -2.26. The minimum absolute atomic E-state index is 0.0442. The minimum atomic E-state index is -0.574. The van der Waals surface area contributed by atoms with Gasteiger partial charge in [0.15, 0.2) is 0 Å². The molecule has 0 radical (unpaired) electrons. The van der Waals surface area contributed by atoms with E-state index in [0.717, 1.165) is 0 Å². The highest BCUT2D eigenvalue weighted by Crippen LogP contribution is 2.46. The van der Waals surface area contributed by atoms with Gasteiger partial charge in [-0.3, -0.25) is 9.59 Å². The molecule has 5 rings (SSSR count). The van der Waals surface area contributed by atoms with Crippen LogP contribution in [0.25, 0.3) is 22.1 Å². The molecule has 1 aliphatic rings. The van der Waals surface area contributed by atoms with Crippen molar-refractivity contribution in [2.24, 2.45) is 0 Å². The normalized spacial score (nSPS) is 15.4. The molecule has 3 aromatic carbocycles. The molecule has 32 heavy (non-hydrogen) atoms. The average molecular weight is 451 g/mol. The first-order valence-corrected chi connectivity index (χ1v) is 10.0. The highest BCUT2D eigenvalue weighted by Gasteiger charge is 2.34. The van der Waals surface area contributed by atoms with Gasteiger partial charge in [-0.2, -0.15) is 0 Å². The lowest BCUT2D eigenvalue weighted by molar-refractivity contribution is -0.135. The topological polar surface area (TPSA) is 117 Å². The van der Waals surface area contributed by atoms with Gasteiger partial charge in [-0.05, 0) is 35.4 Å². The second kappa shape index (κ2) is 7.32. The molecule has 1 atom stereocenters. The number of ether oxygens (including phenoxy) is 1. The van der Waals surface area contributed by atoms with Gasteiger partial charge >= 0.3 is 5.97 Å². The van der Waals surface area contributed by atoms with Crippen LogP contribution in [0.4, 0.5) is 0 Å². The molecule has 7 nitrogen and oxygen atoms in total. The van der Waals surface area contributed by atoms with Crippen LogP contribution in [0.5, 0.6) is 23.0 Å². The van der Waals surface area contributed by atoms with Crippen LogP contribution in [0.15, 0.2) is 64.0 Å². The molecule has 0 saturated carbocycles. The fraction of sp³-hybridized carbons (Fsp3) is 0.0833. The molecular weight excluding hydrogens is 436 g/mol. The van der Waals surface area contributed by atoms with Crippen molar-refractivity contribution in [1.82, 2.24) is 0 Å². The maximum absolute atomic E-state index is 13.3. The zero-order chi connectivity index (χ0) is 22.6. The monoisotopic (exact) mass is 450 g/mol. The molecule has 0 amide bonds. The van der Waals surface area contributed by atoms with E-state index in [4.69, 9.17) is 20.8 Å². The molecule has 3 N–H and O–H groups in total. The first-order valence-electron chi connectivity index (χ1n) is 9.63. The number of rotatable bonds is 2. The summed E-state index contributed by atoms with van der Waals surface area (Å²) in [6.45, 7) is 0. The zero-order valence-corrected chi connectivity index (χ0v) is 17.1. The summed E-state index contributed by atoms with van der Waals surface area (Å²) in [6.07, 6.45) is 1.23. The molecule has 0 saturated heterocycles. The largest absolute Gasteiger partial charge is 0.508 e. The number of halogens is 1. The molecule has 0 unspecified atom stereocenters. The summed E-state index contributed by atoms with van der Waals surface area (Å²) in [6, 6.07) is 11.8. The fourth-order valence-corrected chi connectivity index (χ4v) is 4.19. The van der Waals surface area contributed by atoms with Crippen molar-refractivity contribution in [2.75, 3.05) is 0 Å². The Balaban J connectivity index is 1.77. The molecule has 0 spiro atoms. The highest BCUT2D eigenvalue weighted by molar-refractivity contribution is 6.32. The van der Waals surface area contributed by atoms with Gasteiger partial charge in [-0.25, -0.2) is 0 Å². The molecule has 1 aromatic heterocycles. The molecule has 0 aliphatic carbocycles. The highest BCUT2D eigenvalue weighted by atomic mass is 35.5. The molecule has 160 valence electrons. The van der Waals surface area contributed by atoms with E-state index in [9.17, 15) is 24.9 Å². The Hall–Kier alpha value is -3.97. The fourth-order valence-electron chi connectivity index (χ4n) is 4.00. The van der Waals surface area contributed by atoms with Crippen molar-refractivity contribution >= 4 is 28.5 Å².